The van der Waals surface area contributed by atoms with Gasteiger partial charge in [-0.15, -0.1) is 0 Å². The number of piperidine rings is 1. The van der Waals surface area contributed by atoms with Crippen molar-refractivity contribution in [3.8, 4) is 0 Å². The van der Waals surface area contributed by atoms with Gasteiger partial charge in [-0.25, -0.2) is 4.79 Å². The molecular weight excluding hydrogens is 310 g/mol. The third kappa shape index (κ3) is 4.47. The number of likely N-dealkylation sites (tertiary alicyclic amines) is 1. The van der Waals surface area contributed by atoms with Gasteiger partial charge in [-0.1, -0.05) is 30.3 Å². The van der Waals surface area contributed by atoms with Gasteiger partial charge in [-0.3, -0.25) is 4.79 Å². The van der Waals surface area contributed by atoms with E-state index in [0.29, 0.717) is 12.8 Å². The summed E-state index contributed by atoms with van der Waals surface area (Å²) in [4.78, 5) is 25.8. The third-order valence-corrected chi connectivity index (χ3v) is 4.37. The summed E-state index contributed by atoms with van der Waals surface area (Å²) >= 11 is 0. The topological polar surface area (TPSA) is 76.1 Å². The van der Waals surface area contributed by atoms with Gasteiger partial charge in [0.15, 0.2) is 0 Å². The Labute approximate surface area is 142 Å². The van der Waals surface area contributed by atoms with E-state index in [9.17, 15) is 14.7 Å². The molecule has 1 N–H and O–H groups in total. The SMILES string of the molecule is COC(=O)C1CCC(C(C)(C)O)N(C(=O)OCc2ccccc2)C1. The summed E-state index contributed by atoms with van der Waals surface area (Å²) in [6.45, 7) is 3.66. The first-order valence-electron chi connectivity index (χ1n) is 8.10. The Morgan fingerprint density at radius 2 is 1.92 bits per heavy atom. The number of carbonyl (C=O) groups excluding carboxylic acids is 2. The van der Waals surface area contributed by atoms with Crippen LogP contribution in [0.15, 0.2) is 30.3 Å². The molecule has 132 valence electrons. The van der Waals surface area contributed by atoms with E-state index in [2.05, 4.69) is 0 Å². The van der Waals surface area contributed by atoms with Crippen molar-refractivity contribution in [1.82, 2.24) is 4.90 Å². The molecule has 6 nitrogen and oxygen atoms in total. The molecule has 1 amide bonds. The minimum atomic E-state index is -1.08. The molecule has 1 aliphatic heterocycles. The number of esters is 1. The van der Waals surface area contributed by atoms with Gasteiger partial charge >= 0.3 is 12.1 Å². The molecule has 6 heteroatoms. The van der Waals surface area contributed by atoms with Crippen LogP contribution in [0.2, 0.25) is 0 Å². The summed E-state index contributed by atoms with van der Waals surface area (Å²) in [7, 11) is 1.34. The fourth-order valence-electron chi connectivity index (χ4n) is 3.07. The maximum atomic E-state index is 12.5. The summed E-state index contributed by atoms with van der Waals surface area (Å²) < 4.78 is 10.2. The number of hydrogen-bond acceptors (Lipinski definition) is 5. The normalized spacial score (nSPS) is 21.2. The quantitative estimate of drug-likeness (QED) is 0.855. The Bertz CT molecular complexity index is 567. The van der Waals surface area contributed by atoms with Crippen LogP contribution in [0.25, 0.3) is 0 Å². The molecule has 0 aromatic heterocycles. The smallest absolute Gasteiger partial charge is 0.410 e. The molecule has 1 saturated heterocycles. The average molecular weight is 335 g/mol. The molecule has 24 heavy (non-hydrogen) atoms. The predicted octanol–water partition coefficient (Wildman–Crippen LogP) is 2.35. The number of nitrogens with zero attached hydrogens (tertiary/aromatic N) is 1. The second-order valence-electron chi connectivity index (χ2n) is 6.66. The van der Waals surface area contributed by atoms with Crippen molar-refractivity contribution in [2.45, 2.75) is 44.9 Å². The minimum Gasteiger partial charge on any atom is -0.469 e. The second kappa shape index (κ2) is 7.66. The molecule has 0 radical (unpaired) electrons. The monoisotopic (exact) mass is 335 g/mol. The van der Waals surface area contributed by atoms with E-state index in [1.165, 1.54) is 12.0 Å². The highest BCUT2D eigenvalue weighted by Gasteiger charge is 2.42. The zero-order chi connectivity index (χ0) is 17.7. The molecule has 1 heterocycles. The molecule has 2 atom stereocenters. The van der Waals surface area contributed by atoms with Crippen molar-refractivity contribution in [3.63, 3.8) is 0 Å². The number of methoxy groups -OCH3 is 1. The molecule has 0 spiro atoms. The van der Waals surface area contributed by atoms with Crippen molar-refractivity contribution < 1.29 is 24.2 Å². The van der Waals surface area contributed by atoms with Gasteiger partial charge in [0.05, 0.1) is 24.7 Å². The molecule has 2 unspecified atom stereocenters. The van der Waals surface area contributed by atoms with Gasteiger partial charge in [0.2, 0.25) is 0 Å². The highest BCUT2D eigenvalue weighted by molar-refractivity contribution is 5.75. The first kappa shape index (κ1) is 18.3. The summed E-state index contributed by atoms with van der Waals surface area (Å²) in [5.41, 5.74) is -0.195. The zero-order valence-corrected chi connectivity index (χ0v) is 14.4. The Morgan fingerprint density at radius 3 is 2.50 bits per heavy atom. The maximum Gasteiger partial charge on any atom is 0.410 e. The van der Waals surface area contributed by atoms with Gasteiger partial charge in [-0.05, 0) is 32.3 Å². The summed E-state index contributed by atoms with van der Waals surface area (Å²) in [6, 6.07) is 8.97. The fourth-order valence-corrected chi connectivity index (χ4v) is 3.07. The molecule has 0 saturated carbocycles. The fraction of sp³-hybridized carbons (Fsp3) is 0.556. The number of rotatable bonds is 4. The lowest BCUT2D eigenvalue weighted by Crippen LogP contribution is -2.57. The lowest BCUT2D eigenvalue weighted by molar-refractivity contribution is -0.149. The summed E-state index contributed by atoms with van der Waals surface area (Å²) in [5, 5.41) is 10.4. The van der Waals surface area contributed by atoms with Gasteiger partial charge in [0.1, 0.15) is 6.61 Å². The van der Waals surface area contributed by atoms with Gasteiger partial charge in [0.25, 0.3) is 0 Å². The van der Waals surface area contributed by atoms with Gasteiger partial charge < -0.3 is 19.5 Å². The van der Waals surface area contributed by atoms with Crippen molar-refractivity contribution in [1.29, 1.82) is 0 Å². The second-order valence-corrected chi connectivity index (χ2v) is 6.66. The van der Waals surface area contributed by atoms with E-state index in [4.69, 9.17) is 9.47 Å². The molecule has 1 aliphatic rings. The van der Waals surface area contributed by atoms with Gasteiger partial charge in [-0.2, -0.15) is 0 Å². The highest BCUT2D eigenvalue weighted by atomic mass is 16.6. The van der Waals surface area contributed by atoms with E-state index in [0.717, 1.165) is 5.56 Å². The molecule has 1 fully saturated rings. The number of aliphatic hydroxyl groups is 1. The zero-order valence-electron chi connectivity index (χ0n) is 14.4. The van der Waals surface area contributed by atoms with Crippen molar-refractivity contribution in [2.75, 3.05) is 13.7 Å². The maximum absolute atomic E-state index is 12.5. The lowest BCUT2D eigenvalue weighted by atomic mass is 9.85. The van der Waals surface area contributed by atoms with Gasteiger partial charge in [0, 0.05) is 6.54 Å². The van der Waals surface area contributed by atoms with Crippen LogP contribution in [0.4, 0.5) is 4.79 Å². The van der Waals surface area contributed by atoms with Crippen LogP contribution >= 0.6 is 0 Å². The average Bonchev–Trinajstić information content (AvgIpc) is 2.58. The first-order chi connectivity index (χ1) is 11.3. The van der Waals surface area contributed by atoms with Crippen LogP contribution in [0.3, 0.4) is 0 Å². The molecule has 1 aromatic rings. The van der Waals surface area contributed by atoms with Crippen LogP contribution in [0, 0.1) is 5.92 Å². The third-order valence-electron chi connectivity index (χ3n) is 4.37. The minimum absolute atomic E-state index is 0.150. The molecular formula is C18H25NO5. The molecule has 2 rings (SSSR count). The van der Waals surface area contributed by atoms with E-state index >= 15 is 0 Å². The summed E-state index contributed by atoms with van der Waals surface area (Å²) in [5.74, 6) is -0.733. The molecule has 1 aromatic carbocycles. The lowest BCUT2D eigenvalue weighted by Gasteiger charge is -2.43. The van der Waals surface area contributed by atoms with Crippen LogP contribution in [0.1, 0.15) is 32.3 Å². The van der Waals surface area contributed by atoms with E-state index < -0.39 is 23.7 Å². The van der Waals surface area contributed by atoms with Crippen LogP contribution in [-0.4, -0.2) is 47.4 Å². The van der Waals surface area contributed by atoms with Crippen molar-refractivity contribution in [2.24, 2.45) is 5.92 Å². The van der Waals surface area contributed by atoms with Crippen LogP contribution in [0.5, 0.6) is 0 Å². The van der Waals surface area contributed by atoms with E-state index in [1.807, 2.05) is 30.3 Å². The number of benzene rings is 1. The Kier molecular flexibility index (Phi) is 5.83. The van der Waals surface area contributed by atoms with Crippen molar-refractivity contribution >= 4 is 12.1 Å². The number of hydrogen-bond donors (Lipinski definition) is 1. The number of carbonyl (C=O) groups is 2. The Hall–Kier alpha value is -2.08. The van der Waals surface area contributed by atoms with E-state index in [1.54, 1.807) is 13.8 Å². The number of amides is 1. The molecule has 0 aliphatic carbocycles. The Morgan fingerprint density at radius 1 is 1.25 bits per heavy atom. The first-order valence-corrected chi connectivity index (χ1v) is 8.10. The number of ether oxygens (including phenoxy) is 2. The van der Waals surface area contributed by atoms with Crippen LogP contribution < -0.4 is 0 Å². The predicted molar refractivity (Wildman–Crippen MR) is 88.2 cm³/mol. The standard InChI is InChI=1S/C18H25NO5/c1-18(2,22)15-10-9-14(16(20)23-3)11-19(15)17(21)24-12-13-7-5-4-6-8-13/h4-8,14-15,22H,9-12H2,1-3H3. The summed E-state index contributed by atoms with van der Waals surface area (Å²) in [6.07, 6.45) is 0.563. The van der Waals surface area contributed by atoms with E-state index in [-0.39, 0.29) is 19.1 Å². The highest BCUT2D eigenvalue weighted by Crippen LogP contribution is 2.30. The van der Waals surface area contributed by atoms with Crippen molar-refractivity contribution in [3.05, 3.63) is 35.9 Å². The Balaban J connectivity index is 2.07. The largest absolute Gasteiger partial charge is 0.469 e. The molecule has 0 bridgehead atoms. The van der Waals surface area contributed by atoms with Crippen LogP contribution in [-0.2, 0) is 20.9 Å².